The summed E-state index contributed by atoms with van der Waals surface area (Å²) in [5, 5.41) is 13.3. The van der Waals surface area contributed by atoms with Crippen LogP contribution in [0.5, 0.6) is 0 Å². The molecule has 0 fully saturated rings. The fourth-order valence-electron chi connectivity index (χ4n) is 1.00. The number of carboxylic acid groups (broad SMARTS) is 1. The number of carbonyl (C=O) groups is 3. The molecule has 0 heterocycles. The van der Waals surface area contributed by atoms with E-state index in [-0.39, 0.29) is 19.0 Å². The van der Waals surface area contributed by atoms with E-state index in [1.165, 1.54) is 0 Å². The Morgan fingerprint density at radius 2 is 2.00 bits per heavy atom. The van der Waals surface area contributed by atoms with Crippen LogP contribution >= 0.6 is 0 Å². The number of carbonyl (C=O) groups excluding carboxylic acids is 2. The first-order chi connectivity index (χ1) is 8.01. The number of carboxylic acids is 1. The maximum atomic E-state index is 11.5. The van der Waals surface area contributed by atoms with E-state index in [4.69, 9.17) is 11.5 Å². The van der Waals surface area contributed by atoms with Gasteiger partial charge in [0.25, 0.3) is 0 Å². The molecule has 7 nitrogen and oxygen atoms in total. The van der Waals surface area contributed by atoms with E-state index in [1.807, 2.05) is 0 Å². The predicted octanol–water partition coefficient (Wildman–Crippen LogP) is -1.15. The van der Waals surface area contributed by atoms with E-state index in [0.29, 0.717) is 6.54 Å². The summed E-state index contributed by atoms with van der Waals surface area (Å²) in [5.74, 6) is 0.645. The lowest BCUT2D eigenvalue weighted by atomic mass is 10.5. The second-order valence-electron chi connectivity index (χ2n) is 3.07. The largest absolute Gasteiger partial charge is 0.480 e. The number of nitrogens with one attached hydrogen (secondary N) is 2. The van der Waals surface area contributed by atoms with Crippen LogP contribution in [-0.2, 0) is 9.59 Å². The molecule has 7 heteroatoms. The highest BCUT2D eigenvalue weighted by Crippen LogP contribution is 1.88. The van der Waals surface area contributed by atoms with Gasteiger partial charge in [-0.3, -0.25) is 9.59 Å². The number of likely N-dealkylation sites (N-methyl/N-ethyl adjacent to an activating group) is 1. The minimum absolute atomic E-state index is 0.131. The Balaban J connectivity index is 4.19. The van der Waals surface area contributed by atoms with Gasteiger partial charge in [0.15, 0.2) is 0 Å². The molecule has 0 bridgehead atoms. The first-order valence-corrected chi connectivity index (χ1v) is 4.96. The van der Waals surface area contributed by atoms with Gasteiger partial charge in [0, 0.05) is 6.54 Å². The van der Waals surface area contributed by atoms with E-state index >= 15 is 0 Å². The zero-order valence-electron chi connectivity index (χ0n) is 9.52. The summed E-state index contributed by atoms with van der Waals surface area (Å²) < 4.78 is 0. The maximum absolute atomic E-state index is 11.5. The van der Waals surface area contributed by atoms with Gasteiger partial charge in [0.2, 0.25) is 5.91 Å². The minimum atomic E-state index is -1.17. The Kier molecular flexibility index (Phi) is 6.94. The quantitative estimate of drug-likeness (QED) is 0.511. The second-order valence-corrected chi connectivity index (χ2v) is 3.07. The van der Waals surface area contributed by atoms with Gasteiger partial charge in [-0.15, -0.1) is 6.42 Å². The average molecular weight is 241 g/mol. The number of aliphatic carboxylic acids is 1. The fourth-order valence-corrected chi connectivity index (χ4v) is 1.00. The van der Waals surface area contributed by atoms with Crippen LogP contribution in [0.1, 0.15) is 6.92 Å². The van der Waals surface area contributed by atoms with Crippen LogP contribution in [0.3, 0.4) is 0 Å². The summed E-state index contributed by atoms with van der Waals surface area (Å²) in [6.45, 7) is 1.35. The molecule has 0 rings (SSSR count). The number of amides is 3. The lowest BCUT2D eigenvalue weighted by Crippen LogP contribution is -2.46. The van der Waals surface area contributed by atoms with E-state index in [1.54, 1.807) is 6.92 Å². The van der Waals surface area contributed by atoms with Gasteiger partial charge in [0.05, 0.1) is 13.1 Å². The fraction of sp³-hybridized carbons (Fsp3) is 0.500. The third-order valence-electron chi connectivity index (χ3n) is 1.67. The van der Waals surface area contributed by atoms with E-state index in [9.17, 15) is 14.4 Å². The zero-order chi connectivity index (χ0) is 13.3. The monoisotopic (exact) mass is 241 g/mol. The van der Waals surface area contributed by atoms with Crippen LogP contribution < -0.4 is 10.6 Å². The molecule has 3 N–H and O–H groups in total. The lowest BCUT2D eigenvalue weighted by Gasteiger charge is -2.18. The third-order valence-corrected chi connectivity index (χ3v) is 1.67. The van der Waals surface area contributed by atoms with Gasteiger partial charge < -0.3 is 20.6 Å². The third kappa shape index (κ3) is 6.78. The molecule has 0 aliphatic heterocycles. The Morgan fingerprint density at radius 1 is 1.35 bits per heavy atom. The molecule has 0 aromatic heterocycles. The van der Waals surface area contributed by atoms with Crippen molar-refractivity contribution in [2.75, 3.05) is 26.2 Å². The SMILES string of the molecule is C#CCN(CC(=O)O)C(=O)NCC(=O)NCC. The van der Waals surface area contributed by atoms with E-state index in [2.05, 4.69) is 16.6 Å². The summed E-state index contributed by atoms with van der Waals surface area (Å²) in [5.41, 5.74) is 0. The normalized spacial score (nSPS) is 8.94. The molecule has 0 aromatic rings. The summed E-state index contributed by atoms with van der Waals surface area (Å²) >= 11 is 0. The molecule has 0 saturated carbocycles. The Morgan fingerprint density at radius 3 is 2.47 bits per heavy atom. The van der Waals surface area contributed by atoms with Crippen molar-refractivity contribution in [3.05, 3.63) is 0 Å². The second kappa shape index (κ2) is 7.98. The van der Waals surface area contributed by atoms with E-state index < -0.39 is 18.5 Å². The van der Waals surface area contributed by atoms with Crippen LogP contribution in [0.25, 0.3) is 0 Å². The molecule has 0 aliphatic rings. The number of urea groups is 1. The van der Waals surface area contributed by atoms with Gasteiger partial charge in [-0.2, -0.15) is 0 Å². The lowest BCUT2D eigenvalue weighted by molar-refractivity contribution is -0.137. The van der Waals surface area contributed by atoms with E-state index in [0.717, 1.165) is 4.90 Å². The van der Waals surface area contributed by atoms with Crippen LogP contribution in [0.15, 0.2) is 0 Å². The standard InChI is InChI=1S/C10H15N3O4/c1-3-5-13(7-9(15)16)10(17)12-6-8(14)11-4-2/h1H,4-7H2,2H3,(H,11,14)(H,12,17)(H,15,16). The van der Waals surface area contributed by atoms with Gasteiger partial charge in [-0.05, 0) is 6.92 Å². The maximum Gasteiger partial charge on any atom is 0.323 e. The van der Waals surface area contributed by atoms with Crippen LogP contribution in [-0.4, -0.2) is 54.1 Å². The van der Waals surface area contributed by atoms with Gasteiger partial charge >= 0.3 is 12.0 Å². The topological polar surface area (TPSA) is 98.7 Å². The zero-order valence-corrected chi connectivity index (χ0v) is 9.52. The molecule has 0 saturated heterocycles. The Labute approximate surface area is 99.2 Å². The first kappa shape index (κ1) is 14.8. The van der Waals surface area contributed by atoms with Crippen molar-refractivity contribution in [1.82, 2.24) is 15.5 Å². The van der Waals surface area contributed by atoms with Crippen molar-refractivity contribution < 1.29 is 19.5 Å². The molecule has 0 aliphatic carbocycles. The molecular formula is C10H15N3O4. The van der Waals surface area contributed by atoms with Gasteiger partial charge in [-0.1, -0.05) is 5.92 Å². The molecule has 0 unspecified atom stereocenters. The highest BCUT2D eigenvalue weighted by Gasteiger charge is 2.15. The summed E-state index contributed by atoms with van der Waals surface area (Å²) in [6.07, 6.45) is 5.00. The van der Waals surface area contributed by atoms with Crippen LogP contribution in [0.2, 0.25) is 0 Å². The molecule has 0 aromatic carbocycles. The molecule has 3 amide bonds. The smallest absolute Gasteiger partial charge is 0.323 e. The molecule has 94 valence electrons. The minimum Gasteiger partial charge on any atom is -0.480 e. The highest BCUT2D eigenvalue weighted by molar-refractivity contribution is 5.85. The van der Waals surface area contributed by atoms with Crippen molar-refractivity contribution in [3.63, 3.8) is 0 Å². The number of nitrogens with zero attached hydrogens (tertiary/aromatic N) is 1. The van der Waals surface area contributed by atoms with Crippen molar-refractivity contribution in [1.29, 1.82) is 0 Å². The number of rotatable bonds is 6. The molecule has 0 atom stereocenters. The summed E-state index contributed by atoms with van der Waals surface area (Å²) in [6, 6.07) is -0.684. The van der Waals surface area contributed by atoms with Gasteiger partial charge in [0.1, 0.15) is 6.54 Å². The van der Waals surface area contributed by atoms with Crippen molar-refractivity contribution in [2.24, 2.45) is 0 Å². The first-order valence-electron chi connectivity index (χ1n) is 4.96. The highest BCUT2D eigenvalue weighted by atomic mass is 16.4. The molecule has 17 heavy (non-hydrogen) atoms. The molecule has 0 radical (unpaired) electrons. The summed E-state index contributed by atoms with van der Waals surface area (Å²) in [7, 11) is 0. The van der Waals surface area contributed by atoms with Crippen molar-refractivity contribution >= 4 is 17.9 Å². The van der Waals surface area contributed by atoms with Crippen molar-refractivity contribution in [2.45, 2.75) is 6.92 Å². The van der Waals surface area contributed by atoms with Gasteiger partial charge in [-0.25, -0.2) is 4.79 Å². The number of terminal acetylenes is 1. The van der Waals surface area contributed by atoms with Crippen molar-refractivity contribution in [3.8, 4) is 12.3 Å². The van der Waals surface area contributed by atoms with Crippen LogP contribution in [0, 0.1) is 12.3 Å². The number of hydrogen-bond acceptors (Lipinski definition) is 3. The average Bonchev–Trinajstić information content (AvgIpc) is 2.25. The van der Waals surface area contributed by atoms with Crippen LogP contribution in [0.4, 0.5) is 4.79 Å². The summed E-state index contributed by atoms with van der Waals surface area (Å²) in [4.78, 5) is 33.9. The number of hydrogen-bond donors (Lipinski definition) is 3. The predicted molar refractivity (Wildman–Crippen MR) is 60.1 cm³/mol. The Hall–Kier alpha value is -2.23. The molecule has 0 spiro atoms. The Bertz CT molecular complexity index is 335. The molecular weight excluding hydrogens is 226 g/mol.